The summed E-state index contributed by atoms with van der Waals surface area (Å²) in [6.45, 7) is -2.28. The van der Waals surface area contributed by atoms with Crippen LogP contribution in [0.4, 0.5) is 13.2 Å². The summed E-state index contributed by atoms with van der Waals surface area (Å²) in [5.41, 5.74) is 0.0604. The Kier molecular flexibility index (Phi) is 4.11. The van der Waals surface area contributed by atoms with Crippen molar-refractivity contribution in [2.24, 2.45) is 7.05 Å². The Hall–Kier alpha value is -1.57. The van der Waals surface area contributed by atoms with Crippen LogP contribution in [0.15, 0.2) is 12.4 Å². The van der Waals surface area contributed by atoms with E-state index in [9.17, 15) is 18.0 Å². The number of halogens is 3. The maximum atomic E-state index is 12.2. The van der Waals surface area contributed by atoms with E-state index in [0.717, 1.165) is 0 Å². The molecular formula is C9H12F3N3O2. The third kappa shape index (κ3) is 4.06. The van der Waals surface area contributed by atoms with Crippen LogP contribution < -0.4 is 0 Å². The molecule has 0 aliphatic heterocycles. The number of hydrogen-bond donors (Lipinski definition) is 1. The predicted molar refractivity (Wildman–Crippen MR) is 52.3 cm³/mol. The highest BCUT2D eigenvalue weighted by atomic mass is 19.4. The predicted octanol–water partition coefficient (Wildman–Crippen LogP) is 0.417. The summed E-state index contributed by atoms with van der Waals surface area (Å²) in [7, 11) is 1.55. The number of aromatic nitrogens is 2. The lowest BCUT2D eigenvalue weighted by atomic mass is 10.3. The molecule has 0 spiro atoms. The van der Waals surface area contributed by atoms with Gasteiger partial charge in [-0.3, -0.25) is 9.48 Å². The summed E-state index contributed by atoms with van der Waals surface area (Å²) < 4.78 is 38.0. The fraction of sp³-hybridized carbons (Fsp3) is 0.556. The number of aryl methyl sites for hydroxylation is 1. The first-order chi connectivity index (χ1) is 7.83. The smallest absolute Gasteiger partial charge is 0.395 e. The van der Waals surface area contributed by atoms with Crippen molar-refractivity contribution in [2.75, 3.05) is 19.7 Å². The van der Waals surface area contributed by atoms with E-state index in [1.165, 1.54) is 17.1 Å². The second-order valence-electron chi connectivity index (χ2n) is 3.47. The summed E-state index contributed by atoms with van der Waals surface area (Å²) in [6, 6.07) is 0. The number of alkyl halides is 3. The van der Waals surface area contributed by atoms with Crippen molar-refractivity contribution in [3.63, 3.8) is 0 Å². The molecule has 0 aromatic carbocycles. The van der Waals surface area contributed by atoms with Crippen LogP contribution in [0.1, 0.15) is 10.4 Å². The molecule has 1 aromatic rings. The van der Waals surface area contributed by atoms with Gasteiger partial charge in [-0.2, -0.15) is 18.3 Å². The summed E-state index contributed by atoms with van der Waals surface area (Å²) in [4.78, 5) is 12.2. The van der Waals surface area contributed by atoms with Crippen LogP contribution in [0.5, 0.6) is 0 Å². The molecule has 1 heterocycles. The van der Waals surface area contributed by atoms with Gasteiger partial charge in [0.25, 0.3) is 5.91 Å². The molecule has 5 nitrogen and oxygen atoms in total. The zero-order valence-electron chi connectivity index (χ0n) is 9.11. The molecule has 1 N–H and O–H groups in total. The topological polar surface area (TPSA) is 58.4 Å². The Morgan fingerprint density at radius 3 is 2.65 bits per heavy atom. The van der Waals surface area contributed by atoms with Gasteiger partial charge in [0.15, 0.2) is 0 Å². The summed E-state index contributed by atoms with van der Waals surface area (Å²) in [5.74, 6) is -0.801. The van der Waals surface area contributed by atoms with Crippen molar-refractivity contribution in [3.05, 3.63) is 18.0 Å². The number of aliphatic hydroxyl groups excluding tert-OH is 1. The molecule has 8 heteroatoms. The normalized spacial score (nSPS) is 11.6. The van der Waals surface area contributed by atoms with E-state index in [0.29, 0.717) is 4.90 Å². The lowest BCUT2D eigenvalue weighted by Crippen LogP contribution is -2.40. The maximum Gasteiger partial charge on any atom is 0.406 e. The Bertz CT molecular complexity index is 389. The number of carbonyl (C=O) groups is 1. The van der Waals surface area contributed by atoms with E-state index in [1.807, 2.05) is 0 Å². The molecule has 1 amide bonds. The summed E-state index contributed by atoms with van der Waals surface area (Å²) in [6.07, 6.45) is -1.99. The highest BCUT2D eigenvalue weighted by Gasteiger charge is 2.33. The number of aliphatic hydroxyl groups is 1. The van der Waals surface area contributed by atoms with Gasteiger partial charge < -0.3 is 10.0 Å². The van der Waals surface area contributed by atoms with E-state index in [4.69, 9.17) is 5.11 Å². The van der Waals surface area contributed by atoms with Crippen molar-refractivity contribution < 1.29 is 23.1 Å². The molecular weight excluding hydrogens is 239 g/mol. The molecule has 0 saturated carbocycles. The monoisotopic (exact) mass is 251 g/mol. The zero-order valence-corrected chi connectivity index (χ0v) is 9.11. The number of amides is 1. The SMILES string of the molecule is Cn1cc(C(=O)N(CCO)CC(F)(F)F)cn1. The van der Waals surface area contributed by atoms with Gasteiger partial charge in [-0.15, -0.1) is 0 Å². The average molecular weight is 251 g/mol. The highest BCUT2D eigenvalue weighted by Crippen LogP contribution is 2.17. The van der Waals surface area contributed by atoms with Crippen molar-refractivity contribution in [3.8, 4) is 0 Å². The van der Waals surface area contributed by atoms with Gasteiger partial charge in [0, 0.05) is 19.8 Å². The molecule has 17 heavy (non-hydrogen) atoms. The van der Waals surface area contributed by atoms with Crippen molar-refractivity contribution in [2.45, 2.75) is 6.18 Å². The molecule has 0 atom stereocenters. The molecule has 1 rings (SSSR count). The molecule has 0 fully saturated rings. The van der Waals surface area contributed by atoms with Gasteiger partial charge in [-0.25, -0.2) is 0 Å². The Morgan fingerprint density at radius 2 is 2.24 bits per heavy atom. The summed E-state index contributed by atoms with van der Waals surface area (Å²) >= 11 is 0. The summed E-state index contributed by atoms with van der Waals surface area (Å²) in [5, 5.41) is 12.4. The quantitative estimate of drug-likeness (QED) is 0.843. The second-order valence-corrected chi connectivity index (χ2v) is 3.47. The Balaban J connectivity index is 2.80. The molecule has 0 bridgehead atoms. The number of carbonyl (C=O) groups excluding carboxylic acids is 1. The van der Waals surface area contributed by atoms with Crippen molar-refractivity contribution in [1.29, 1.82) is 0 Å². The van der Waals surface area contributed by atoms with Crippen LogP contribution in [-0.2, 0) is 7.05 Å². The fourth-order valence-corrected chi connectivity index (χ4v) is 1.30. The van der Waals surface area contributed by atoms with Crippen molar-refractivity contribution >= 4 is 5.91 Å². The molecule has 0 radical (unpaired) electrons. The Morgan fingerprint density at radius 1 is 1.59 bits per heavy atom. The van der Waals surface area contributed by atoms with Gasteiger partial charge >= 0.3 is 6.18 Å². The van der Waals surface area contributed by atoms with Gasteiger partial charge in [0.1, 0.15) is 6.54 Å². The number of rotatable bonds is 4. The van der Waals surface area contributed by atoms with E-state index in [2.05, 4.69) is 5.10 Å². The molecule has 0 saturated heterocycles. The van der Waals surface area contributed by atoms with E-state index < -0.39 is 25.2 Å². The average Bonchev–Trinajstić information content (AvgIpc) is 2.61. The molecule has 0 aliphatic carbocycles. The third-order valence-electron chi connectivity index (χ3n) is 1.98. The minimum atomic E-state index is -4.49. The largest absolute Gasteiger partial charge is 0.406 e. The van der Waals surface area contributed by atoms with E-state index >= 15 is 0 Å². The second kappa shape index (κ2) is 5.17. The van der Waals surface area contributed by atoms with Gasteiger partial charge in [0.05, 0.1) is 18.4 Å². The zero-order chi connectivity index (χ0) is 13.1. The minimum Gasteiger partial charge on any atom is -0.395 e. The van der Waals surface area contributed by atoms with Gasteiger partial charge in [-0.1, -0.05) is 0 Å². The van der Waals surface area contributed by atoms with E-state index in [-0.39, 0.29) is 12.1 Å². The highest BCUT2D eigenvalue weighted by molar-refractivity contribution is 5.93. The first kappa shape index (κ1) is 13.5. The molecule has 1 aromatic heterocycles. The van der Waals surface area contributed by atoms with Crippen LogP contribution in [-0.4, -0.2) is 51.6 Å². The van der Waals surface area contributed by atoms with Gasteiger partial charge in [-0.05, 0) is 0 Å². The number of hydrogen-bond acceptors (Lipinski definition) is 3. The fourth-order valence-electron chi connectivity index (χ4n) is 1.30. The lowest BCUT2D eigenvalue weighted by Gasteiger charge is -2.22. The first-order valence-corrected chi connectivity index (χ1v) is 4.79. The number of nitrogens with zero attached hydrogens (tertiary/aromatic N) is 3. The minimum absolute atomic E-state index is 0.0604. The van der Waals surface area contributed by atoms with Gasteiger partial charge in [0.2, 0.25) is 0 Å². The third-order valence-corrected chi connectivity index (χ3v) is 1.98. The van der Waals surface area contributed by atoms with Crippen molar-refractivity contribution in [1.82, 2.24) is 14.7 Å². The van der Waals surface area contributed by atoms with Crippen LogP contribution in [0.3, 0.4) is 0 Å². The van der Waals surface area contributed by atoms with E-state index in [1.54, 1.807) is 7.05 Å². The van der Waals surface area contributed by atoms with Crippen LogP contribution in [0, 0.1) is 0 Å². The van der Waals surface area contributed by atoms with Crippen LogP contribution in [0.2, 0.25) is 0 Å². The first-order valence-electron chi connectivity index (χ1n) is 4.79. The standard InChI is InChI=1S/C9H12F3N3O2/c1-14-5-7(4-13-14)8(17)15(2-3-16)6-9(10,11)12/h4-5,16H,2-3,6H2,1H3. The van der Waals surface area contributed by atoms with Crippen LogP contribution in [0.25, 0.3) is 0 Å². The lowest BCUT2D eigenvalue weighted by molar-refractivity contribution is -0.141. The van der Waals surface area contributed by atoms with Crippen LogP contribution >= 0.6 is 0 Å². The Labute approximate surface area is 95.4 Å². The molecule has 0 aliphatic rings. The molecule has 0 unspecified atom stereocenters. The maximum absolute atomic E-state index is 12.2. The molecule has 96 valence electrons.